The summed E-state index contributed by atoms with van der Waals surface area (Å²) in [6.45, 7) is 0. The Hall–Kier alpha value is -3.54. The maximum Gasteiger partial charge on any atom is 0.341 e. The first-order chi connectivity index (χ1) is 12.6. The zero-order valence-corrected chi connectivity index (χ0v) is 14.4. The topological polar surface area (TPSA) is 68.8 Å². The van der Waals surface area contributed by atoms with Crippen molar-refractivity contribution in [3.05, 3.63) is 66.4 Å². The SMILES string of the molecule is COc1ccc(-c2cn3nc(-c4ccccc4)c(C(=O)O)c3n2C)cc1. The van der Waals surface area contributed by atoms with E-state index >= 15 is 0 Å². The van der Waals surface area contributed by atoms with Gasteiger partial charge in [-0.2, -0.15) is 5.10 Å². The Morgan fingerprint density at radius 1 is 1.04 bits per heavy atom. The monoisotopic (exact) mass is 347 g/mol. The van der Waals surface area contributed by atoms with Crippen LogP contribution in [0, 0.1) is 0 Å². The number of carboxylic acids is 1. The van der Waals surface area contributed by atoms with E-state index in [-0.39, 0.29) is 5.56 Å². The van der Waals surface area contributed by atoms with Gasteiger partial charge in [-0.25, -0.2) is 9.31 Å². The molecule has 0 spiro atoms. The van der Waals surface area contributed by atoms with Crippen LogP contribution in [0.25, 0.3) is 28.2 Å². The summed E-state index contributed by atoms with van der Waals surface area (Å²) in [7, 11) is 3.47. The zero-order chi connectivity index (χ0) is 18.3. The molecule has 130 valence electrons. The number of methoxy groups -OCH3 is 1. The summed E-state index contributed by atoms with van der Waals surface area (Å²) in [5.74, 6) is -0.230. The number of aromatic carboxylic acids is 1. The average Bonchev–Trinajstić information content (AvgIpc) is 3.20. The molecule has 0 aliphatic heterocycles. The van der Waals surface area contributed by atoms with Crippen LogP contribution in [0.1, 0.15) is 10.4 Å². The number of ether oxygens (including phenoxy) is 1. The van der Waals surface area contributed by atoms with Gasteiger partial charge in [-0.05, 0) is 24.3 Å². The second-order valence-corrected chi connectivity index (χ2v) is 5.96. The van der Waals surface area contributed by atoms with Crippen LogP contribution in [0.3, 0.4) is 0 Å². The first-order valence-electron chi connectivity index (χ1n) is 8.11. The minimum atomic E-state index is -0.999. The van der Waals surface area contributed by atoms with Gasteiger partial charge in [0.25, 0.3) is 0 Å². The van der Waals surface area contributed by atoms with Gasteiger partial charge < -0.3 is 14.4 Å². The fraction of sp³-hybridized carbons (Fsp3) is 0.100. The normalized spacial score (nSPS) is 11.0. The molecule has 2 aromatic heterocycles. The summed E-state index contributed by atoms with van der Waals surface area (Å²) in [6.07, 6.45) is 1.84. The van der Waals surface area contributed by atoms with Crippen molar-refractivity contribution >= 4 is 11.6 Å². The van der Waals surface area contributed by atoms with Crippen LogP contribution in [0.2, 0.25) is 0 Å². The fourth-order valence-corrected chi connectivity index (χ4v) is 3.18. The van der Waals surface area contributed by atoms with Crippen LogP contribution in [0.5, 0.6) is 5.75 Å². The van der Waals surface area contributed by atoms with Gasteiger partial charge in [0.15, 0.2) is 5.65 Å². The molecule has 0 aliphatic carbocycles. The fourth-order valence-electron chi connectivity index (χ4n) is 3.18. The van der Waals surface area contributed by atoms with Crippen LogP contribution >= 0.6 is 0 Å². The van der Waals surface area contributed by atoms with E-state index in [9.17, 15) is 9.90 Å². The Bertz CT molecular complexity index is 1090. The molecule has 0 bridgehead atoms. The van der Waals surface area contributed by atoms with Crippen molar-refractivity contribution in [2.75, 3.05) is 7.11 Å². The van der Waals surface area contributed by atoms with Gasteiger partial charge in [-0.3, -0.25) is 0 Å². The number of hydrogen-bond acceptors (Lipinski definition) is 3. The molecule has 2 heterocycles. The highest BCUT2D eigenvalue weighted by Gasteiger charge is 2.24. The molecule has 0 saturated heterocycles. The molecule has 2 aromatic carbocycles. The summed E-state index contributed by atoms with van der Waals surface area (Å²) in [5.41, 5.74) is 3.80. The molecule has 0 unspecified atom stereocenters. The molecule has 0 saturated carbocycles. The number of imidazole rings is 1. The average molecular weight is 347 g/mol. The van der Waals surface area contributed by atoms with E-state index < -0.39 is 5.97 Å². The lowest BCUT2D eigenvalue weighted by molar-refractivity contribution is 0.0699. The molecule has 0 fully saturated rings. The van der Waals surface area contributed by atoms with Gasteiger partial charge in [0, 0.05) is 18.2 Å². The Kier molecular flexibility index (Phi) is 3.73. The molecule has 0 amide bonds. The number of nitrogens with zero attached hydrogens (tertiary/aromatic N) is 3. The molecule has 6 nitrogen and oxygen atoms in total. The quantitative estimate of drug-likeness (QED) is 0.611. The van der Waals surface area contributed by atoms with E-state index in [0.29, 0.717) is 11.3 Å². The second kappa shape index (κ2) is 6.07. The van der Waals surface area contributed by atoms with Crippen LogP contribution < -0.4 is 4.74 Å². The van der Waals surface area contributed by atoms with Gasteiger partial charge in [0.2, 0.25) is 0 Å². The van der Waals surface area contributed by atoms with Crippen LogP contribution in [-0.4, -0.2) is 32.4 Å². The third kappa shape index (κ3) is 2.43. The van der Waals surface area contributed by atoms with E-state index in [2.05, 4.69) is 5.10 Å². The third-order valence-corrected chi connectivity index (χ3v) is 4.46. The minimum Gasteiger partial charge on any atom is -0.497 e. The number of carbonyl (C=O) groups is 1. The first-order valence-corrected chi connectivity index (χ1v) is 8.11. The summed E-state index contributed by atoms with van der Waals surface area (Å²) >= 11 is 0. The number of benzene rings is 2. The van der Waals surface area contributed by atoms with Crippen LogP contribution in [0.15, 0.2) is 60.8 Å². The standard InChI is InChI=1S/C20H17N3O3/c1-22-16(13-8-10-15(26-2)11-9-13)12-23-19(22)17(20(24)25)18(21-23)14-6-4-3-5-7-14/h3-12H,1-2H3,(H,24,25). The van der Waals surface area contributed by atoms with Crippen molar-refractivity contribution in [2.45, 2.75) is 0 Å². The predicted octanol–water partition coefficient (Wildman–Crippen LogP) is 3.71. The third-order valence-electron chi connectivity index (χ3n) is 4.46. The number of aromatic nitrogens is 3. The zero-order valence-electron chi connectivity index (χ0n) is 14.4. The van der Waals surface area contributed by atoms with E-state index in [1.165, 1.54) is 0 Å². The largest absolute Gasteiger partial charge is 0.497 e. The molecule has 0 radical (unpaired) electrons. The number of rotatable bonds is 4. The molecule has 0 atom stereocenters. The van der Waals surface area contributed by atoms with Gasteiger partial charge in [0.05, 0.1) is 19.0 Å². The second-order valence-electron chi connectivity index (χ2n) is 5.96. The molecule has 26 heavy (non-hydrogen) atoms. The Morgan fingerprint density at radius 3 is 2.35 bits per heavy atom. The Balaban J connectivity index is 1.92. The van der Waals surface area contributed by atoms with Crippen molar-refractivity contribution < 1.29 is 14.6 Å². The highest BCUT2D eigenvalue weighted by Crippen LogP contribution is 2.31. The van der Waals surface area contributed by atoms with E-state index in [1.54, 1.807) is 11.6 Å². The van der Waals surface area contributed by atoms with Crippen molar-refractivity contribution in [1.29, 1.82) is 0 Å². The van der Waals surface area contributed by atoms with Crippen molar-refractivity contribution in [3.8, 4) is 28.3 Å². The molecule has 4 aromatic rings. The van der Waals surface area contributed by atoms with Crippen LogP contribution in [-0.2, 0) is 7.05 Å². The van der Waals surface area contributed by atoms with Gasteiger partial charge in [0.1, 0.15) is 17.0 Å². The molecular formula is C20H17N3O3. The molecule has 6 heteroatoms. The molecule has 1 N–H and O–H groups in total. The van der Waals surface area contributed by atoms with E-state index in [0.717, 1.165) is 22.6 Å². The summed E-state index contributed by atoms with van der Waals surface area (Å²) in [5, 5.41) is 14.3. The van der Waals surface area contributed by atoms with Gasteiger partial charge >= 0.3 is 5.97 Å². The molecule has 0 aliphatic rings. The van der Waals surface area contributed by atoms with Crippen LogP contribution in [0.4, 0.5) is 0 Å². The number of fused-ring (bicyclic) bond motifs is 1. The summed E-state index contributed by atoms with van der Waals surface area (Å²) < 4.78 is 8.67. The maximum absolute atomic E-state index is 12.0. The summed E-state index contributed by atoms with van der Waals surface area (Å²) in [6, 6.07) is 17.0. The van der Waals surface area contributed by atoms with Crippen molar-refractivity contribution in [3.63, 3.8) is 0 Å². The predicted molar refractivity (Wildman–Crippen MR) is 98.5 cm³/mol. The van der Waals surface area contributed by atoms with Gasteiger partial charge in [-0.15, -0.1) is 0 Å². The molecule has 4 rings (SSSR count). The lowest BCUT2D eigenvalue weighted by atomic mass is 10.1. The van der Waals surface area contributed by atoms with E-state index in [1.807, 2.05) is 72.4 Å². The lowest BCUT2D eigenvalue weighted by Crippen LogP contribution is -2.02. The number of aryl methyl sites for hydroxylation is 1. The Morgan fingerprint density at radius 2 is 1.73 bits per heavy atom. The first kappa shape index (κ1) is 16.0. The smallest absolute Gasteiger partial charge is 0.341 e. The van der Waals surface area contributed by atoms with E-state index in [4.69, 9.17) is 4.74 Å². The highest BCUT2D eigenvalue weighted by atomic mass is 16.5. The highest BCUT2D eigenvalue weighted by molar-refractivity contribution is 6.01. The summed E-state index contributed by atoms with van der Waals surface area (Å²) in [4.78, 5) is 12.0. The maximum atomic E-state index is 12.0. The van der Waals surface area contributed by atoms with Crippen molar-refractivity contribution in [1.82, 2.24) is 14.2 Å². The van der Waals surface area contributed by atoms with Gasteiger partial charge in [-0.1, -0.05) is 30.3 Å². The Labute approximate surface area is 149 Å². The minimum absolute atomic E-state index is 0.193. The number of hydrogen-bond donors (Lipinski definition) is 1. The molecular weight excluding hydrogens is 330 g/mol. The number of carboxylic acid groups (broad SMARTS) is 1. The lowest BCUT2D eigenvalue weighted by Gasteiger charge is -2.06. The van der Waals surface area contributed by atoms with Crippen molar-refractivity contribution in [2.24, 2.45) is 7.05 Å².